The smallest absolute Gasteiger partial charge is 0.328 e. The van der Waals surface area contributed by atoms with Gasteiger partial charge >= 0.3 is 5.97 Å². The topological polar surface area (TPSA) is 49.3 Å². The Balaban J connectivity index is 3.01. The third kappa shape index (κ3) is 2.61. The summed E-state index contributed by atoms with van der Waals surface area (Å²) in [5.41, 5.74) is 0.926. The largest absolute Gasteiger partial charge is 0.480 e. The summed E-state index contributed by atoms with van der Waals surface area (Å²) in [5, 5.41) is 12.4. The van der Waals surface area contributed by atoms with Crippen LogP contribution in [-0.2, 0) is 10.3 Å². The molecule has 1 rings (SSSR count). The van der Waals surface area contributed by atoms with Crippen molar-refractivity contribution in [2.24, 2.45) is 0 Å². The monoisotopic (exact) mass is 221 g/mol. The molecule has 1 aromatic rings. The van der Waals surface area contributed by atoms with Crippen LogP contribution in [0.5, 0.6) is 0 Å². The molecular formula is C13H19NO2. The number of nitrogens with one attached hydrogen (secondary N) is 1. The zero-order chi connectivity index (χ0) is 12.2. The molecule has 0 fully saturated rings. The molecule has 88 valence electrons. The fourth-order valence-corrected chi connectivity index (χ4v) is 1.56. The van der Waals surface area contributed by atoms with Gasteiger partial charge in [0, 0.05) is 0 Å². The van der Waals surface area contributed by atoms with Crippen LogP contribution in [-0.4, -0.2) is 17.6 Å². The third-order valence-electron chi connectivity index (χ3n) is 2.79. The van der Waals surface area contributed by atoms with Crippen molar-refractivity contribution in [2.75, 3.05) is 6.54 Å². The molecular weight excluding hydrogens is 202 g/mol. The lowest BCUT2D eigenvalue weighted by Gasteiger charge is -2.26. The van der Waals surface area contributed by atoms with Gasteiger partial charge in [-0.15, -0.1) is 0 Å². The summed E-state index contributed by atoms with van der Waals surface area (Å²) in [7, 11) is 0. The van der Waals surface area contributed by atoms with Crippen LogP contribution in [0, 0.1) is 6.92 Å². The predicted octanol–water partition coefficient (Wildman–Crippen LogP) is 2.29. The second-order valence-corrected chi connectivity index (χ2v) is 4.22. The highest BCUT2D eigenvalue weighted by Gasteiger charge is 2.34. The molecule has 0 bridgehead atoms. The van der Waals surface area contributed by atoms with Gasteiger partial charge in [-0.2, -0.15) is 0 Å². The quantitative estimate of drug-likeness (QED) is 0.802. The predicted molar refractivity (Wildman–Crippen MR) is 64.5 cm³/mol. The molecule has 16 heavy (non-hydrogen) atoms. The molecule has 0 aromatic heterocycles. The van der Waals surface area contributed by atoms with E-state index in [0.29, 0.717) is 6.54 Å². The van der Waals surface area contributed by atoms with Gasteiger partial charge in [0.25, 0.3) is 0 Å². The highest BCUT2D eigenvalue weighted by Crippen LogP contribution is 2.21. The number of aliphatic carboxylic acids is 1. The van der Waals surface area contributed by atoms with E-state index in [1.165, 1.54) is 0 Å². The van der Waals surface area contributed by atoms with Crippen LogP contribution in [0.2, 0.25) is 0 Å². The van der Waals surface area contributed by atoms with Crippen molar-refractivity contribution in [3.8, 4) is 0 Å². The Morgan fingerprint density at radius 1 is 1.38 bits per heavy atom. The standard InChI is InChI=1S/C13H19NO2/c1-4-9-14-13(3,12(15)16)11-7-5-10(2)6-8-11/h5-8,14H,4,9H2,1-3H3,(H,15,16). The molecule has 0 aliphatic carbocycles. The van der Waals surface area contributed by atoms with Crippen LogP contribution in [0.1, 0.15) is 31.4 Å². The minimum atomic E-state index is -0.996. The zero-order valence-electron chi connectivity index (χ0n) is 10.1. The SMILES string of the molecule is CCCNC(C)(C(=O)O)c1ccc(C)cc1. The maximum Gasteiger partial charge on any atom is 0.328 e. The van der Waals surface area contributed by atoms with Gasteiger partial charge in [-0.25, -0.2) is 4.79 Å². The first-order chi connectivity index (χ1) is 7.50. The van der Waals surface area contributed by atoms with E-state index >= 15 is 0 Å². The Bertz CT molecular complexity index is 359. The first-order valence-electron chi connectivity index (χ1n) is 5.56. The van der Waals surface area contributed by atoms with E-state index in [1.807, 2.05) is 38.1 Å². The maximum atomic E-state index is 11.3. The summed E-state index contributed by atoms with van der Waals surface area (Å²) in [6.45, 7) is 6.40. The molecule has 0 spiro atoms. The molecule has 1 unspecified atom stereocenters. The van der Waals surface area contributed by atoms with E-state index in [4.69, 9.17) is 0 Å². The average Bonchev–Trinajstić information content (AvgIpc) is 2.26. The Morgan fingerprint density at radius 3 is 2.38 bits per heavy atom. The number of hydrogen-bond acceptors (Lipinski definition) is 2. The van der Waals surface area contributed by atoms with Gasteiger partial charge in [0.05, 0.1) is 0 Å². The lowest BCUT2D eigenvalue weighted by molar-refractivity contribution is -0.144. The Morgan fingerprint density at radius 2 is 1.94 bits per heavy atom. The third-order valence-corrected chi connectivity index (χ3v) is 2.79. The van der Waals surface area contributed by atoms with E-state index in [0.717, 1.165) is 17.5 Å². The van der Waals surface area contributed by atoms with E-state index in [9.17, 15) is 9.90 Å². The van der Waals surface area contributed by atoms with E-state index in [2.05, 4.69) is 5.32 Å². The molecule has 1 aromatic carbocycles. The second kappa shape index (κ2) is 5.12. The normalized spacial score (nSPS) is 14.4. The van der Waals surface area contributed by atoms with Crippen LogP contribution < -0.4 is 5.32 Å². The van der Waals surface area contributed by atoms with Crippen molar-refractivity contribution >= 4 is 5.97 Å². The number of carbonyl (C=O) groups is 1. The Labute approximate surface area is 96.5 Å². The summed E-state index contributed by atoms with van der Waals surface area (Å²) in [4.78, 5) is 11.3. The molecule has 0 radical (unpaired) electrons. The lowest BCUT2D eigenvalue weighted by Crippen LogP contribution is -2.46. The molecule has 2 N–H and O–H groups in total. The second-order valence-electron chi connectivity index (χ2n) is 4.22. The van der Waals surface area contributed by atoms with Crippen molar-refractivity contribution in [1.82, 2.24) is 5.32 Å². The lowest BCUT2D eigenvalue weighted by atomic mass is 9.91. The van der Waals surface area contributed by atoms with E-state index in [1.54, 1.807) is 6.92 Å². The van der Waals surface area contributed by atoms with Crippen molar-refractivity contribution in [2.45, 2.75) is 32.7 Å². The Hall–Kier alpha value is -1.35. The van der Waals surface area contributed by atoms with Gasteiger partial charge in [0.2, 0.25) is 0 Å². The number of carboxylic acids is 1. The molecule has 0 amide bonds. The fourth-order valence-electron chi connectivity index (χ4n) is 1.56. The van der Waals surface area contributed by atoms with Gasteiger partial charge in [-0.3, -0.25) is 5.32 Å². The number of rotatable bonds is 5. The van der Waals surface area contributed by atoms with Crippen LogP contribution in [0.25, 0.3) is 0 Å². The van der Waals surface area contributed by atoms with Gasteiger partial charge in [0.1, 0.15) is 5.54 Å². The zero-order valence-corrected chi connectivity index (χ0v) is 10.1. The molecule has 1 atom stereocenters. The first-order valence-corrected chi connectivity index (χ1v) is 5.56. The van der Waals surface area contributed by atoms with Crippen molar-refractivity contribution in [3.05, 3.63) is 35.4 Å². The average molecular weight is 221 g/mol. The highest BCUT2D eigenvalue weighted by molar-refractivity contribution is 5.80. The molecule has 0 aliphatic heterocycles. The van der Waals surface area contributed by atoms with Gasteiger partial charge in [-0.05, 0) is 32.4 Å². The van der Waals surface area contributed by atoms with E-state index < -0.39 is 11.5 Å². The van der Waals surface area contributed by atoms with Crippen LogP contribution in [0.15, 0.2) is 24.3 Å². The van der Waals surface area contributed by atoms with Gasteiger partial charge < -0.3 is 5.11 Å². The van der Waals surface area contributed by atoms with Gasteiger partial charge in [0.15, 0.2) is 0 Å². The molecule has 0 aliphatic rings. The molecule has 3 heteroatoms. The Kier molecular flexibility index (Phi) is 4.07. The van der Waals surface area contributed by atoms with Crippen molar-refractivity contribution in [1.29, 1.82) is 0 Å². The van der Waals surface area contributed by atoms with Crippen molar-refractivity contribution in [3.63, 3.8) is 0 Å². The highest BCUT2D eigenvalue weighted by atomic mass is 16.4. The molecule has 0 saturated heterocycles. The van der Waals surface area contributed by atoms with Crippen LogP contribution in [0.4, 0.5) is 0 Å². The number of hydrogen-bond donors (Lipinski definition) is 2. The van der Waals surface area contributed by atoms with Gasteiger partial charge in [-0.1, -0.05) is 36.8 Å². The molecule has 0 saturated carbocycles. The number of aryl methyl sites for hydroxylation is 1. The minimum Gasteiger partial charge on any atom is -0.480 e. The summed E-state index contributed by atoms with van der Waals surface area (Å²) in [6.07, 6.45) is 0.911. The first kappa shape index (κ1) is 12.7. The molecule has 0 heterocycles. The van der Waals surface area contributed by atoms with Crippen LogP contribution in [0.3, 0.4) is 0 Å². The summed E-state index contributed by atoms with van der Waals surface area (Å²) in [5.74, 6) is -0.843. The van der Waals surface area contributed by atoms with Crippen molar-refractivity contribution < 1.29 is 9.90 Å². The fraction of sp³-hybridized carbons (Fsp3) is 0.462. The minimum absolute atomic E-state index is 0.691. The summed E-state index contributed by atoms with van der Waals surface area (Å²) in [6, 6.07) is 7.60. The number of benzene rings is 1. The maximum absolute atomic E-state index is 11.3. The van der Waals surface area contributed by atoms with E-state index in [-0.39, 0.29) is 0 Å². The van der Waals surface area contributed by atoms with Crippen LogP contribution >= 0.6 is 0 Å². The summed E-state index contributed by atoms with van der Waals surface area (Å²) >= 11 is 0. The summed E-state index contributed by atoms with van der Waals surface area (Å²) < 4.78 is 0. The molecule has 3 nitrogen and oxygen atoms in total. The number of carboxylic acid groups (broad SMARTS) is 1.